The number of hydrogen-bond donors (Lipinski definition) is 3. The average molecular weight is 278 g/mol. The number of hydrazine groups is 1. The Balaban J connectivity index is 2.31. The minimum Gasteiger partial charge on any atom is -0.383 e. The molecule has 0 radical (unpaired) electrons. The predicted octanol–water partition coefficient (Wildman–Crippen LogP) is 2.00. The smallest absolute Gasteiger partial charge is 0.129 e. The van der Waals surface area contributed by atoms with Crippen molar-refractivity contribution in [1.29, 1.82) is 0 Å². The Hall–Kier alpha value is -2.05. The third-order valence-corrected chi connectivity index (χ3v) is 3.10. The number of hydrogen-bond acceptors (Lipinski definition) is 4. The number of nitrogens with zero attached hydrogens (tertiary/aromatic N) is 1. The molecule has 1 unspecified atom stereocenters. The second-order valence-electron chi connectivity index (χ2n) is 4.65. The molecule has 20 heavy (non-hydrogen) atoms. The van der Waals surface area contributed by atoms with Gasteiger partial charge in [-0.2, -0.15) is 0 Å². The van der Waals surface area contributed by atoms with Gasteiger partial charge in [0.05, 0.1) is 6.04 Å². The Morgan fingerprint density at radius 2 is 2.05 bits per heavy atom. The van der Waals surface area contributed by atoms with Crippen LogP contribution in [0.3, 0.4) is 0 Å². The molecule has 0 saturated heterocycles. The first-order chi connectivity index (χ1) is 9.51. The SMILES string of the molecule is Cc1cnc(N)c(C(Cc2ccc(F)cc2F)NN)c1. The van der Waals surface area contributed by atoms with Crippen molar-refractivity contribution in [3.05, 3.63) is 58.8 Å². The molecule has 0 fully saturated rings. The number of nitrogens with one attached hydrogen (secondary N) is 1. The fourth-order valence-corrected chi connectivity index (χ4v) is 2.05. The maximum atomic E-state index is 13.7. The van der Waals surface area contributed by atoms with Gasteiger partial charge in [-0.15, -0.1) is 0 Å². The maximum absolute atomic E-state index is 13.7. The van der Waals surface area contributed by atoms with Gasteiger partial charge in [0, 0.05) is 17.8 Å². The van der Waals surface area contributed by atoms with E-state index in [4.69, 9.17) is 11.6 Å². The molecule has 0 aliphatic heterocycles. The van der Waals surface area contributed by atoms with Crippen molar-refractivity contribution in [3.63, 3.8) is 0 Å². The van der Waals surface area contributed by atoms with E-state index in [0.717, 1.165) is 11.6 Å². The molecule has 1 atom stereocenters. The van der Waals surface area contributed by atoms with Crippen LogP contribution >= 0.6 is 0 Å². The summed E-state index contributed by atoms with van der Waals surface area (Å²) in [4.78, 5) is 4.05. The fraction of sp³-hybridized carbons (Fsp3) is 0.214. The van der Waals surface area contributed by atoms with Crippen molar-refractivity contribution >= 4 is 5.82 Å². The first kappa shape index (κ1) is 14.4. The summed E-state index contributed by atoms with van der Waals surface area (Å²) >= 11 is 0. The van der Waals surface area contributed by atoms with Gasteiger partial charge in [0.15, 0.2) is 0 Å². The number of benzene rings is 1. The van der Waals surface area contributed by atoms with Gasteiger partial charge in [-0.3, -0.25) is 11.3 Å². The van der Waals surface area contributed by atoms with Gasteiger partial charge in [0.1, 0.15) is 17.5 Å². The van der Waals surface area contributed by atoms with Crippen molar-refractivity contribution in [3.8, 4) is 0 Å². The van der Waals surface area contributed by atoms with E-state index >= 15 is 0 Å². The van der Waals surface area contributed by atoms with E-state index < -0.39 is 17.7 Å². The molecule has 0 amide bonds. The van der Waals surface area contributed by atoms with E-state index in [1.807, 2.05) is 13.0 Å². The highest BCUT2D eigenvalue weighted by Gasteiger charge is 2.17. The topological polar surface area (TPSA) is 77.0 Å². The molecule has 0 saturated carbocycles. The largest absolute Gasteiger partial charge is 0.383 e. The van der Waals surface area contributed by atoms with Crippen LogP contribution in [0.25, 0.3) is 0 Å². The Bertz CT molecular complexity index is 616. The van der Waals surface area contributed by atoms with E-state index in [1.54, 1.807) is 6.20 Å². The van der Waals surface area contributed by atoms with Crippen LogP contribution in [0.4, 0.5) is 14.6 Å². The summed E-state index contributed by atoms with van der Waals surface area (Å²) in [5.74, 6) is 4.64. The highest BCUT2D eigenvalue weighted by atomic mass is 19.1. The van der Waals surface area contributed by atoms with Gasteiger partial charge in [-0.25, -0.2) is 13.8 Å². The summed E-state index contributed by atoms with van der Waals surface area (Å²) in [6.07, 6.45) is 1.89. The van der Waals surface area contributed by atoms with Crippen molar-refractivity contribution < 1.29 is 8.78 Å². The molecule has 106 valence electrons. The fourth-order valence-electron chi connectivity index (χ4n) is 2.05. The number of nitrogens with two attached hydrogens (primary N) is 2. The lowest BCUT2D eigenvalue weighted by molar-refractivity contribution is 0.522. The Morgan fingerprint density at radius 3 is 2.70 bits per heavy atom. The van der Waals surface area contributed by atoms with Gasteiger partial charge in [0.25, 0.3) is 0 Å². The molecule has 6 heteroatoms. The first-order valence-electron chi connectivity index (χ1n) is 6.13. The molecule has 4 nitrogen and oxygen atoms in total. The molecular weight excluding hydrogens is 262 g/mol. The second-order valence-corrected chi connectivity index (χ2v) is 4.65. The quantitative estimate of drug-likeness (QED) is 0.590. The standard InChI is InChI=1S/C14H16F2N4/c1-8-4-11(14(17)19-7-8)13(20-18)5-9-2-3-10(15)6-12(9)16/h2-4,6-7,13,20H,5,18H2,1H3,(H2,17,19). The number of nitrogen functional groups attached to an aromatic ring is 1. The summed E-state index contributed by atoms with van der Waals surface area (Å²) in [6.45, 7) is 1.88. The Kier molecular flexibility index (Phi) is 4.26. The van der Waals surface area contributed by atoms with Crippen LogP contribution in [0.1, 0.15) is 22.7 Å². The van der Waals surface area contributed by atoms with E-state index in [-0.39, 0.29) is 6.42 Å². The highest BCUT2D eigenvalue weighted by Crippen LogP contribution is 2.24. The first-order valence-corrected chi connectivity index (χ1v) is 6.13. The average Bonchev–Trinajstić information content (AvgIpc) is 2.41. The van der Waals surface area contributed by atoms with Crippen LogP contribution in [-0.4, -0.2) is 4.98 Å². The molecule has 5 N–H and O–H groups in total. The minimum atomic E-state index is -0.611. The highest BCUT2D eigenvalue weighted by molar-refractivity contribution is 5.43. The zero-order chi connectivity index (χ0) is 14.7. The normalized spacial score (nSPS) is 12.4. The summed E-state index contributed by atoms with van der Waals surface area (Å²) in [5, 5.41) is 0. The molecule has 2 aromatic rings. The summed E-state index contributed by atoms with van der Waals surface area (Å²) in [6, 6.07) is 4.90. The Morgan fingerprint density at radius 1 is 1.30 bits per heavy atom. The van der Waals surface area contributed by atoms with Crippen LogP contribution in [-0.2, 0) is 6.42 Å². The number of anilines is 1. The van der Waals surface area contributed by atoms with Crippen LogP contribution in [0.2, 0.25) is 0 Å². The molecular formula is C14H16F2N4. The monoisotopic (exact) mass is 278 g/mol. The van der Waals surface area contributed by atoms with Gasteiger partial charge < -0.3 is 5.73 Å². The Labute approximate surface area is 115 Å². The lowest BCUT2D eigenvalue weighted by Gasteiger charge is -2.18. The number of halogens is 2. The van der Waals surface area contributed by atoms with E-state index in [2.05, 4.69) is 10.4 Å². The maximum Gasteiger partial charge on any atom is 0.129 e. The van der Waals surface area contributed by atoms with Crippen molar-refractivity contribution in [2.45, 2.75) is 19.4 Å². The van der Waals surface area contributed by atoms with Gasteiger partial charge >= 0.3 is 0 Å². The van der Waals surface area contributed by atoms with Crippen LogP contribution < -0.4 is 17.0 Å². The predicted molar refractivity (Wildman–Crippen MR) is 73.5 cm³/mol. The van der Waals surface area contributed by atoms with Crippen molar-refractivity contribution in [2.24, 2.45) is 5.84 Å². The lowest BCUT2D eigenvalue weighted by Crippen LogP contribution is -2.30. The molecule has 0 aliphatic rings. The molecule has 2 rings (SSSR count). The third kappa shape index (κ3) is 3.09. The van der Waals surface area contributed by atoms with E-state index in [1.165, 1.54) is 12.1 Å². The second kappa shape index (κ2) is 5.94. The summed E-state index contributed by atoms with van der Waals surface area (Å²) < 4.78 is 26.6. The number of aromatic nitrogens is 1. The van der Waals surface area contributed by atoms with Crippen LogP contribution in [0.15, 0.2) is 30.5 Å². The van der Waals surface area contributed by atoms with Crippen LogP contribution in [0, 0.1) is 18.6 Å². The van der Waals surface area contributed by atoms with Gasteiger partial charge in [0.2, 0.25) is 0 Å². The molecule has 1 aromatic carbocycles. The zero-order valence-electron chi connectivity index (χ0n) is 11.0. The lowest BCUT2D eigenvalue weighted by atomic mass is 9.98. The van der Waals surface area contributed by atoms with Gasteiger partial charge in [-0.05, 0) is 36.6 Å². The molecule has 0 spiro atoms. The number of pyridine rings is 1. The van der Waals surface area contributed by atoms with Crippen molar-refractivity contribution in [1.82, 2.24) is 10.4 Å². The number of rotatable bonds is 4. The van der Waals surface area contributed by atoms with Crippen LogP contribution in [0.5, 0.6) is 0 Å². The summed E-state index contributed by atoms with van der Waals surface area (Å²) in [7, 11) is 0. The van der Waals surface area contributed by atoms with E-state index in [9.17, 15) is 8.78 Å². The molecule has 0 bridgehead atoms. The molecule has 1 heterocycles. The van der Waals surface area contributed by atoms with Gasteiger partial charge in [-0.1, -0.05) is 6.07 Å². The van der Waals surface area contributed by atoms with E-state index in [0.29, 0.717) is 16.9 Å². The summed E-state index contributed by atoms with van der Waals surface area (Å²) in [5.41, 5.74) is 10.4. The van der Waals surface area contributed by atoms with Crippen molar-refractivity contribution in [2.75, 3.05) is 5.73 Å². The minimum absolute atomic E-state index is 0.248. The number of aryl methyl sites for hydroxylation is 1. The molecule has 0 aliphatic carbocycles. The third-order valence-electron chi connectivity index (χ3n) is 3.10. The molecule has 1 aromatic heterocycles. The zero-order valence-corrected chi connectivity index (χ0v) is 11.0.